The maximum Gasteiger partial charge on any atom is 0.238 e. The predicted molar refractivity (Wildman–Crippen MR) is 65.2 cm³/mol. The van der Waals surface area contributed by atoms with Gasteiger partial charge in [-0.2, -0.15) is 11.8 Å². The van der Waals surface area contributed by atoms with Crippen LogP contribution >= 0.6 is 11.8 Å². The van der Waals surface area contributed by atoms with Gasteiger partial charge >= 0.3 is 0 Å². The molecule has 0 aromatic carbocycles. The van der Waals surface area contributed by atoms with Crippen LogP contribution in [0.4, 0.5) is 0 Å². The van der Waals surface area contributed by atoms with Crippen LogP contribution in [0.2, 0.25) is 0 Å². The molecule has 2 fully saturated rings. The summed E-state index contributed by atoms with van der Waals surface area (Å²) in [5, 5.41) is 12.2. The van der Waals surface area contributed by atoms with Crippen molar-refractivity contribution in [3.05, 3.63) is 0 Å². The first-order valence-corrected chi connectivity index (χ1v) is 7.10. The summed E-state index contributed by atoms with van der Waals surface area (Å²) in [5.74, 6) is 1.57. The van der Waals surface area contributed by atoms with Gasteiger partial charge < -0.3 is 10.8 Å². The van der Waals surface area contributed by atoms with Gasteiger partial charge in [0.25, 0.3) is 0 Å². The van der Waals surface area contributed by atoms with Gasteiger partial charge in [0.05, 0.1) is 6.61 Å². The molecular weight excluding hydrogens is 224 g/mol. The van der Waals surface area contributed by atoms with Crippen LogP contribution in [-0.2, 0) is 4.79 Å². The zero-order chi connectivity index (χ0) is 11.6. The van der Waals surface area contributed by atoms with E-state index in [1.807, 2.05) is 0 Å². The van der Waals surface area contributed by atoms with Crippen LogP contribution in [0.5, 0.6) is 0 Å². The van der Waals surface area contributed by atoms with Crippen LogP contribution in [0.15, 0.2) is 0 Å². The predicted octanol–water partition coefficient (Wildman–Crippen LogP) is 0.0980. The van der Waals surface area contributed by atoms with Crippen LogP contribution < -0.4 is 11.1 Å². The number of aliphatic hydroxyl groups excluding tert-OH is 1. The molecule has 0 aromatic heterocycles. The summed E-state index contributed by atoms with van der Waals surface area (Å²) in [5.41, 5.74) is 5.08. The summed E-state index contributed by atoms with van der Waals surface area (Å²) in [6, 6.07) is 0.489. The fraction of sp³-hybridized carbons (Fsp3) is 0.909. The first-order valence-electron chi connectivity index (χ1n) is 5.95. The third-order valence-corrected chi connectivity index (χ3v) is 4.45. The van der Waals surface area contributed by atoms with Crippen molar-refractivity contribution in [1.82, 2.24) is 5.32 Å². The lowest BCUT2D eigenvalue weighted by atomic mass is 9.94. The van der Waals surface area contributed by atoms with Gasteiger partial charge in [-0.25, -0.2) is 0 Å². The molecule has 5 heteroatoms. The van der Waals surface area contributed by atoms with E-state index >= 15 is 0 Å². The van der Waals surface area contributed by atoms with Crippen molar-refractivity contribution >= 4 is 17.7 Å². The first kappa shape index (κ1) is 12.2. The minimum absolute atomic E-state index is 0.160. The number of amides is 1. The van der Waals surface area contributed by atoms with Crippen molar-refractivity contribution in [2.75, 3.05) is 18.1 Å². The molecule has 0 spiro atoms. The highest BCUT2D eigenvalue weighted by molar-refractivity contribution is 7.99. The van der Waals surface area contributed by atoms with Gasteiger partial charge in [-0.1, -0.05) is 0 Å². The van der Waals surface area contributed by atoms with Crippen molar-refractivity contribution in [2.24, 2.45) is 11.7 Å². The average molecular weight is 244 g/mol. The highest BCUT2D eigenvalue weighted by atomic mass is 32.2. The molecule has 2 saturated carbocycles. The first-order chi connectivity index (χ1) is 7.69. The number of thioether (sulfide) groups is 1. The fourth-order valence-electron chi connectivity index (χ4n) is 2.09. The van der Waals surface area contributed by atoms with Crippen molar-refractivity contribution in [1.29, 1.82) is 0 Å². The van der Waals surface area contributed by atoms with Crippen molar-refractivity contribution in [3.8, 4) is 0 Å². The Morgan fingerprint density at radius 1 is 1.44 bits per heavy atom. The number of nitrogens with one attached hydrogen (secondary N) is 1. The van der Waals surface area contributed by atoms with Gasteiger partial charge in [0.15, 0.2) is 0 Å². The lowest BCUT2D eigenvalue weighted by Crippen LogP contribution is -2.60. The van der Waals surface area contributed by atoms with Crippen LogP contribution in [0.1, 0.15) is 25.7 Å². The van der Waals surface area contributed by atoms with E-state index < -0.39 is 5.54 Å². The molecule has 4 nitrogen and oxygen atoms in total. The van der Waals surface area contributed by atoms with Gasteiger partial charge in [0, 0.05) is 17.5 Å². The monoisotopic (exact) mass is 244 g/mol. The lowest BCUT2D eigenvalue weighted by molar-refractivity contribution is -0.124. The number of carbonyl (C=O) groups is 1. The molecule has 0 radical (unpaired) electrons. The molecule has 1 atom stereocenters. The Morgan fingerprint density at radius 2 is 2.12 bits per heavy atom. The number of rotatable bonds is 8. The lowest BCUT2D eigenvalue weighted by Gasteiger charge is -2.32. The maximum atomic E-state index is 11.7. The highest BCUT2D eigenvalue weighted by Gasteiger charge is 2.51. The molecule has 16 heavy (non-hydrogen) atoms. The second kappa shape index (κ2) is 4.94. The SMILES string of the molecule is NC(=O)C(CSCCO)(NC1CC1)C1CC1. The summed E-state index contributed by atoms with van der Waals surface area (Å²) in [4.78, 5) is 11.7. The molecule has 0 bridgehead atoms. The van der Waals surface area contributed by atoms with Gasteiger partial charge in [-0.05, 0) is 31.6 Å². The van der Waals surface area contributed by atoms with Gasteiger partial charge in [-0.15, -0.1) is 0 Å². The molecule has 92 valence electrons. The average Bonchev–Trinajstić information content (AvgIpc) is 3.10. The number of primary amides is 1. The molecule has 2 aliphatic rings. The summed E-state index contributed by atoms with van der Waals surface area (Å²) < 4.78 is 0. The summed E-state index contributed by atoms with van der Waals surface area (Å²) in [6.07, 6.45) is 4.52. The molecule has 2 aliphatic carbocycles. The van der Waals surface area contributed by atoms with Crippen LogP contribution in [0, 0.1) is 5.92 Å². The van der Waals surface area contributed by atoms with E-state index in [1.165, 1.54) is 0 Å². The van der Waals surface area contributed by atoms with Gasteiger partial charge in [0.2, 0.25) is 5.91 Å². The van der Waals surface area contributed by atoms with E-state index in [-0.39, 0.29) is 12.5 Å². The fourth-order valence-corrected chi connectivity index (χ4v) is 3.14. The van der Waals surface area contributed by atoms with E-state index in [1.54, 1.807) is 11.8 Å². The Balaban J connectivity index is 1.98. The van der Waals surface area contributed by atoms with E-state index in [4.69, 9.17) is 10.8 Å². The number of aliphatic hydroxyl groups is 1. The molecule has 0 heterocycles. The minimum Gasteiger partial charge on any atom is -0.396 e. The Kier molecular flexibility index (Phi) is 3.77. The smallest absolute Gasteiger partial charge is 0.238 e. The topological polar surface area (TPSA) is 75.4 Å². The van der Waals surface area contributed by atoms with Gasteiger partial charge in [0.1, 0.15) is 5.54 Å². The second-order valence-electron chi connectivity index (χ2n) is 4.80. The summed E-state index contributed by atoms with van der Waals surface area (Å²) in [6.45, 7) is 0.160. The van der Waals surface area contributed by atoms with E-state index in [0.29, 0.717) is 23.5 Å². The molecular formula is C11H20N2O2S. The second-order valence-corrected chi connectivity index (χ2v) is 5.91. The molecule has 1 amide bonds. The summed E-state index contributed by atoms with van der Waals surface area (Å²) in [7, 11) is 0. The third-order valence-electron chi connectivity index (χ3n) is 3.32. The van der Waals surface area contributed by atoms with E-state index in [2.05, 4.69) is 5.32 Å². The normalized spacial score (nSPS) is 24.1. The number of nitrogens with two attached hydrogens (primary N) is 1. The quantitative estimate of drug-likeness (QED) is 0.529. The van der Waals surface area contributed by atoms with Crippen LogP contribution in [-0.4, -0.2) is 40.7 Å². The van der Waals surface area contributed by atoms with E-state index in [9.17, 15) is 4.79 Å². The standard InChI is InChI=1S/C11H20N2O2S/c12-10(15)11(8-1-2-8,7-16-6-5-14)13-9-3-4-9/h8-9,13-14H,1-7H2,(H2,12,15). The minimum atomic E-state index is -0.513. The van der Waals surface area contributed by atoms with Crippen LogP contribution in [0.3, 0.4) is 0 Å². The Hall–Kier alpha value is -0.260. The molecule has 0 saturated heterocycles. The molecule has 1 unspecified atom stereocenters. The molecule has 2 rings (SSSR count). The zero-order valence-electron chi connectivity index (χ0n) is 9.45. The number of carbonyl (C=O) groups excluding carboxylic acids is 1. The summed E-state index contributed by atoms with van der Waals surface area (Å²) >= 11 is 1.61. The van der Waals surface area contributed by atoms with Crippen molar-refractivity contribution in [2.45, 2.75) is 37.3 Å². The zero-order valence-corrected chi connectivity index (χ0v) is 10.3. The Morgan fingerprint density at radius 3 is 2.56 bits per heavy atom. The number of hydrogen-bond donors (Lipinski definition) is 3. The Bertz CT molecular complexity index is 267. The Labute approximate surface area is 100 Å². The molecule has 0 aliphatic heterocycles. The van der Waals surface area contributed by atoms with Gasteiger partial charge in [-0.3, -0.25) is 10.1 Å². The third kappa shape index (κ3) is 2.70. The molecule has 0 aromatic rings. The maximum absolute atomic E-state index is 11.7. The van der Waals surface area contributed by atoms with Crippen molar-refractivity contribution < 1.29 is 9.90 Å². The highest BCUT2D eigenvalue weighted by Crippen LogP contribution is 2.43. The largest absolute Gasteiger partial charge is 0.396 e. The van der Waals surface area contributed by atoms with Crippen LogP contribution in [0.25, 0.3) is 0 Å². The van der Waals surface area contributed by atoms with E-state index in [0.717, 1.165) is 25.7 Å². The number of hydrogen-bond acceptors (Lipinski definition) is 4. The molecule has 4 N–H and O–H groups in total. The van der Waals surface area contributed by atoms with Crippen molar-refractivity contribution in [3.63, 3.8) is 0 Å².